The molecule has 0 bridgehead atoms. The summed E-state index contributed by atoms with van der Waals surface area (Å²) in [5.74, 6) is 3.01. The van der Waals surface area contributed by atoms with Crippen LogP contribution in [0.5, 0.6) is 0 Å². The SMILES string of the molecule is CN(C)Cc1nnc([C@H]2CCCN(C(=O)C3CC3)C2)n1C. The van der Waals surface area contributed by atoms with Gasteiger partial charge in [-0.2, -0.15) is 0 Å². The number of hydrogen-bond donors (Lipinski definition) is 0. The van der Waals surface area contributed by atoms with E-state index in [-0.39, 0.29) is 0 Å². The highest BCUT2D eigenvalue weighted by Crippen LogP contribution is 2.34. The van der Waals surface area contributed by atoms with E-state index in [1.807, 2.05) is 26.0 Å². The van der Waals surface area contributed by atoms with Crippen LogP contribution in [0.25, 0.3) is 0 Å². The van der Waals surface area contributed by atoms with Gasteiger partial charge in [-0.3, -0.25) is 4.79 Å². The van der Waals surface area contributed by atoms with Gasteiger partial charge in [0.05, 0.1) is 6.54 Å². The molecule has 1 saturated heterocycles. The van der Waals surface area contributed by atoms with E-state index in [4.69, 9.17) is 0 Å². The molecule has 2 aliphatic rings. The first-order valence-corrected chi connectivity index (χ1v) is 7.88. The summed E-state index contributed by atoms with van der Waals surface area (Å²) in [5.41, 5.74) is 0. The fourth-order valence-corrected chi connectivity index (χ4v) is 3.13. The third kappa shape index (κ3) is 3.10. The predicted octanol–water partition coefficient (Wildman–Crippen LogP) is 0.993. The Hall–Kier alpha value is -1.43. The van der Waals surface area contributed by atoms with E-state index in [0.29, 0.717) is 17.7 Å². The summed E-state index contributed by atoms with van der Waals surface area (Å²) in [7, 11) is 6.10. The van der Waals surface area contributed by atoms with Gasteiger partial charge < -0.3 is 14.4 Å². The maximum atomic E-state index is 12.2. The fraction of sp³-hybridized carbons (Fsp3) is 0.800. The average Bonchev–Trinajstić information content (AvgIpc) is 3.24. The molecule has 6 heteroatoms. The summed E-state index contributed by atoms with van der Waals surface area (Å²) in [6.07, 6.45) is 4.33. The maximum absolute atomic E-state index is 12.2. The van der Waals surface area contributed by atoms with Gasteiger partial charge in [0.1, 0.15) is 11.6 Å². The fourth-order valence-electron chi connectivity index (χ4n) is 3.13. The third-order valence-corrected chi connectivity index (χ3v) is 4.48. The zero-order valence-corrected chi connectivity index (χ0v) is 13.2. The lowest BCUT2D eigenvalue weighted by Crippen LogP contribution is -2.40. The summed E-state index contributed by atoms with van der Waals surface area (Å²) in [4.78, 5) is 16.4. The van der Waals surface area contributed by atoms with Gasteiger partial charge in [-0.1, -0.05) is 0 Å². The number of aromatic nitrogens is 3. The minimum Gasteiger partial charge on any atom is -0.342 e. The summed E-state index contributed by atoms with van der Waals surface area (Å²) >= 11 is 0. The minimum atomic E-state index is 0.313. The van der Waals surface area contributed by atoms with E-state index in [1.165, 1.54) is 0 Å². The van der Waals surface area contributed by atoms with Crippen LogP contribution in [0.4, 0.5) is 0 Å². The molecule has 0 N–H and O–H groups in total. The summed E-state index contributed by atoms with van der Waals surface area (Å²) in [6, 6.07) is 0. The Morgan fingerprint density at radius 3 is 2.71 bits per heavy atom. The van der Waals surface area contributed by atoms with Gasteiger partial charge in [-0.15, -0.1) is 10.2 Å². The molecule has 2 fully saturated rings. The van der Waals surface area contributed by atoms with Crippen LogP contribution >= 0.6 is 0 Å². The molecule has 6 nitrogen and oxygen atoms in total. The number of amides is 1. The molecule has 2 heterocycles. The summed E-state index contributed by atoms with van der Waals surface area (Å²) < 4.78 is 2.11. The Balaban J connectivity index is 1.71. The van der Waals surface area contributed by atoms with E-state index in [9.17, 15) is 4.79 Å². The average molecular weight is 291 g/mol. The van der Waals surface area contributed by atoms with Crippen molar-refractivity contribution in [2.45, 2.75) is 38.1 Å². The largest absolute Gasteiger partial charge is 0.342 e. The molecule has 1 aliphatic heterocycles. The smallest absolute Gasteiger partial charge is 0.225 e. The van der Waals surface area contributed by atoms with Crippen molar-refractivity contribution in [3.05, 3.63) is 11.6 Å². The van der Waals surface area contributed by atoms with Crippen LogP contribution in [0.3, 0.4) is 0 Å². The van der Waals surface area contributed by atoms with Crippen LogP contribution in [-0.4, -0.2) is 57.7 Å². The van der Waals surface area contributed by atoms with E-state index < -0.39 is 0 Å². The highest BCUT2D eigenvalue weighted by Gasteiger charge is 2.36. The van der Waals surface area contributed by atoms with Gasteiger partial charge in [0.25, 0.3) is 0 Å². The van der Waals surface area contributed by atoms with Crippen molar-refractivity contribution in [2.24, 2.45) is 13.0 Å². The predicted molar refractivity (Wildman–Crippen MR) is 79.7 cm³/mol. The molecule has 0 radical (unpaired) electrons. The molecular formula is C15H25N5O. The van der Waals surface area contributed by atoms with Gasteiger partial charge in [0, 0.05) is 32.0 Å². The van der Waals surface area contributed by atoms with Crippen molar-refractivity contribution in [2.75, 3.05) is 27.2 Å². The Morgan fingerprint density at radius 2 is 2.05 bits per heavy atom. The number of carbonyl (C=O) groups is 1. The van der Waals surface area contributed by atoms with E-state index in [2.05, 4.69) is 19.7 Å². The van der Waals surface area contributed by atoms with Crippen LogP contribution < -0.4 is 0 Å². The number of rotatable bonds is 4. The Kier molecular flexibility index (Phi) is 3.97. The molecule has 0 aromatic carbocycles. The first kappa shape index (κ1) is 14.5. The van der Waals surface area contributed by atoms with Crippen LogP contribution in [0, 0.1) is 5.92 Å². The lowest BCUT2D eigenvalue weighted by atomic mass is 9.96. The zero-order chi connectivity index (χ0) is 15.0. The number of nitrogens with zero attached hydrogens (tertiary/aromatic N) is 5. The third-order valence-electron chi connectivity index (χ3n) is 4.48. The molecule has 1 atom stereocenters. The molecule has 1 amide bonds. The lowest BCUT2D eigenvalue weighted by Gasteiger charge is -2.32. The molecule has 1 aromatic heterocycles. The number of likely N-dealkylation sites (tertiary alicyclic amines) is 1. The standard InChI is InChI=1S/C15H25N5O/c1-18(2)10-13-16-17-14(19(13)3)12-5-4-8-20(9-12)15(21)11-6-7-11/h11-12H,4-10H2,1-3H3/t12-/m0/s1. The van der Waals surface area contributed by atoms with Gasteiger partial charge in [0.2, 0.25) is 5.91 Å². The maximum Gasteiger partial charge on any atom is 0.225 e. The normalized spacial score (nSPS) is 22.9. The van der Waals surface area contributed by atoms with E-state index >= 15 is 0 Å². The van der Waals surface area contributed by atoms with Crippen molar-refractivity contribution in [3.63, 3.8) is 0 Å². The second-order valence-electron chi connectivity index (χ2n) is 6.67. The molecule has 0 unspecified atom stereocenters. The Bertz CT molecular complexity index is 520. The van der Waals surface area contributed by atoms with Crippen LogP contribution in [0.1, 0.15) is 43.3 Å². The molecule has 1 aliphatic carbocycles. The van der Waals surface area contributed by atoms with Crippen molar-refractivity contribution >= 4 is 5.91 Å². The van der Waals surface area contributed by atoms with Crippen molar-refractivity contribution in [1.29, 1.82) is 0 Å². The molecular weight excluding hydrogens is 266 g/mol. The van der Waals surface area contributed by atoms with Crippen molar-refractivity contribution < 1.29 is 4.79 Å². The zero-order valence-electron chi connectivity index (χ0n) is 13.2. The highest BCUT2D eigenvalue weighted by molar-refractivity contribution is 5.81. The van der Waals surface area contributed by atoms with Crippen molar-refractivity contribution in [3.8, 4) is 0 Å². The molecule has 21 heavy (non-hydrogen) atoms. The lowest BCUT2D eigenvalue weighted by molar-refractivity contribution is -0.133. The van der Waals surface area contributed by atoms with Gasteiger partial charge in [0.15, 0.2) is 0 Å². The van der Waals surface area contributed by atoms with Crippen LogP contribution in [0.2, 0.25) is 0 Å². The number of piperidine rings is 1. The number of carbonyl (C=O) groups excluding carboxylic acids is 1. The molecule has 1 aromatic rings. The van der Waals surface area contributed by atoms with E-state index in [0.717, 1.165) is 57.0 Å². The Morgan fingerprint density at radius 1 is 1.29 bits per heavy atom. The molecule has 116 valence electrons. The van der Waals surface area contributed by atoms with Crippen molar-refractivity contribution in [1.82, 2.24) is 24.6 Å². The second-order valence-corrected chi connectivity index (χ2v) is 6.67. The summed E-state index contributed by atoms with van der Waals surface area (Å²) in [5, 5.41) is 8.71. The van der Waals surface area contributed by atoms with Crippen LogP contribution in [-0.2, 0) is 18.4 Å². The molecule has 1 saturated carbocycles. The second kappa shape index (κ2) is 5.75. The van der Waals surface area contributed by atoms with Gasteiger partial charge >= 0.3 is 0 Å². The Labute approximate surface area is 126 Å². The first-order valence-electron chi connectivity index (χ1n) is 7.88. The topological polar surface area (TPSA) is 54.3 Å². The van der Waals surface area contributed by atoms with Crippen LogP contribution in [0.15, 0.2) is 0 Å². The monoisotopic (exact) mass is 291 g/mol. The molecule has 0 spiro atoms. The van der Waals surface area contributed by atoms with E-state index in [1.54, 1.807) is 0 Å². The van der Waals surface area contributed by atoms with Gasteiger partial charge in [-0.05, 0) is 39.8 Å². The molecule has 3 rings (SSSR count). The quantitative estimate of drug-likeness (QED) is 0.830. The highest BCUT2D eigenvalue weighted by atomic mass is 16.2. The number of hydrogen-bond acceptors (Lipinski definition) is 4. The first-order chi connectivity index (χ1) is 10.1. The van der Waals surface area contributed by atoms with Gasteiger partial charge in [-0.25, -0.2) is 0 Å². The minimum absolute atomic E-state index is 0.313. The summed E-state index contributed by atoms with van der Waals surface area (Å²) in [6.45, 7) is 2.51.